The van der Waals surface area contributed by atoms with Crippen molar-refractivity contribution in [1.29, 1.82) is 0 Å². The fraction of sp³-hybridized carbons (Fsp3) is 0.316. The smallest absolute Gasteiger partial charge is 0.279 e. The van der Waals surface area contributed by atoms with Crippen molar-refractivity contribution in [2.24, 2.45) is 0 Å². The molecule has 0 aliphatic rings. The summed E-state index contributed by atoms with van der Waals surface area (Å²) in [6.07, 6.45) is 2.04. The third-order valence-corrected chi connectivity index (χ3v) is 6.62. The number of carbonyl (C=O) groups excluding carboxylic acids is 1. The second-order valence-electron chi connectivity index (χ2n) is 6.52. The summed E-state index contributed by atoms with van der Waals surface area (Å²) < 4.78 is 25.3. The fourth-order valence-corrected chi connectivity index (χ4v) is 3.86. The monoisotopic (exact) mass is 408 g/mol. The first kappa shape index (κ1) is 21.4. The van der Waals surface area contributed by atoms with Crippen LogP contribution in [0.1, 0.15) is 5.56 Å². The molecule has 1 atom stereocenters. The van der Waals surface area contributed by atoms with Crippen molar-refractivity contribution in [1.82, 2.24) is 4.31 Å². The molecule has 0 fully saturated rings. The van der Waals surface area contributed by atoms with Crippen molar-refractivity contribution in [2.75, 3.05) is 39.3 Å². The van der Waals surface area contributed by atoms with E-state index in [9.17, 15) is 13.2 Å². The molecule has 0 aliphatic carbocycles. The van der Waals surface area contributed by atoms with Gasteiger partial charge in [-0.2, -0.15) is 0 Å². The van der Waals surface area contributed by atoms with Gasteiger partial charge in [-0.1, -0.05) is 12.1 Å². The Labute approximate surface area is 165 Å². The highest BCUT2D eigenvalue weighted by Gasteiger charge is 2.17. The Balaban J connectivity index is 1.91. The molecule has 1 amide bonds. The number of quaternary nitrogens is 1. The number of likely N-dealkylation sites (N-methyl/N-ethyl adjacent to an activating group) is 1. The molecule has 0 radical (unpaired) electrons. The minimum atomic E-state index is -3.47. The molecule has 0 heterocycles. The van der Waals surface area contributed by atoms with Crippen LogP contribution in [0.25, 0.3) is 0 Å². The molecule has 8 heteroatoms. The van der Waals surface area contributed by atoms with E-state index < -0.39 is 10.0 Å². The second kappa shape index (κ2) is 9.36. The Morgan fingerprint density at radius 1 is 1.07 bits per heavy atom. The largest absolute Gasteiger partial charge is 0.326 e. The van der Waals surface area contributed by atoms with Gasteiger partial charge in [-0.05, 0) is 42.7 Å². The first-order valence-corrected chi connectivity index (χ1v) is 11.2. The molecule has 0 saturated heterocycles. The van der Waals surface area contributed by atoms with E-state index in [4.69, 9.17) is 0 Å². The number of carbonyl (C=O) groups is 1. The number of amides is 1. The summed E-state index contributed by atoms with van der Waals surface area (Å²) in [5.41, 5.74) is 1.76. The Hall–Kier alpha value is -1.87. The molecule has 0 spiro atoms. The average molecular weight is 409 g/mol. The molecule has 0 bridgehead atoms. The summed E-state index contributed by atoms with van der Waals surface area (Å²) in [7, 11) is 1.47. The number of hydrogen-bond donors (Lipinski definition) is 2. The minimum absolute atomic E-state index is 0.114. The summed E-state index contributed by atoms with van der Waals surface area (Å²) in [6.45, 7) is 1.07. The predicted octanol–water partition coefficient (Wildman–Crippen LogP) is 1.31. The third-order valence-electron chi connectivity index (χ3n) is 4.04. The van der Waals surface area contributed by atoms with Crippen molar-refractivity contribution >= 4 is 33.4 Å². The Bertz CT molecular complexity index is 864. The van der Waals surface area contributed by atoms with Crippen molar-refractivity contribution in [3.8, 4) is 0 Å². The molecule has 0 aromatic heterocycles. The van der Waals surface area contributed by atoms with Gasteiger partial charge in [0.05, 0.1) is 11.9 Å². The van der Waals surface area contributed by atoms with Crippen LogP contribution in [0.3, 0.4) is 0 Å². The lowest BCUT2D eigenvalue weighted by molar-refractivity contribution is -0.885. The number of sulfonamides is 1. The van der Waals surface area contributed by atoms with E-state index in [2.05, 4.69) is 29.6 Å². The summed E-state index contributed by atoms with van der Waals surface area (Å²) in [5, 5.41) is 2.81. The molecule has 2 aromatic carbocycles. The van der Waals surface area contributed by atoms with Crippen LogP contribution in [0.5, 0.6) is 0 Å². The van der Waals surface area contributed by atoms with Gasteiger partial charge in [0.2, 0.25) is 10.0 Å². The Kier molecular flexibility index (Phi) is 7.43. The van der Waals surface area contributed by atoms with E-state index in [1.54, 1.807) is 23.9 Å². The van der Waals surface area contributed by atoms with Gasteiger partial charge in [-0.15, -0.1) is 11.8 Å². The summed E-state index contributed by atoms with van der Waals surface area (Å²) in [6, 6.07) is 14.5. The van der Waals surface area contributed by atoms with Gasteiger partial charge < -0.3 is 10.2 Å². The van der Waals surface area contributed by atoms with Crippen LogP contribution in [0, 0.1) is 0 Å². The zero-order chi connectivity index (χ0) is 20.0. The van der Waals surface area contributed by atoms with Gasteiger partial charge >= 0.3 is 0 Å². The molecule has 2 aromatic rings. The lowest BCUT2D eigenvalue weighted by atomic mass is 10.2. The summed E-state index contributed by atoms with van der Waals surface area (Å²) in [5.74, 6) is -0.114. The number of rotatable bonds is 8. The highest BCUT2D eigenvalue weighted by atomic mass is 32.2. The topological polar surface area (TPSA) is 70.9 Å². The summed E-state index contributed by atoms with van der Waals surface area (Å²) >= 11 is 1.70. The standard InChI is InChI=1S/C19H25N3O3S2/c1-21(2)27(24,25)18-11-7-16(8-12-18)20-19(23)14-22(3)13-15-5-9-17(26-4)10-6-15/h5-12H,13-14H2,1-4H3,(H,20,23)/p+1. The maximum atomic E-state index is 12.2. The van der Waals surface area contributed by atoms with Crippen LogP contribution in [0.4, 0.5) is 5.69 Å². The zero-order valence-corrected chi connectivity index (χ0v) is 17.7. The molecule has 146 valence electrons. The summed E-state index contributed by atoms with van der Waals surface area (Å²) in [4.78, 5) is 14.7. The van der Waals surface area contributed by atoms with Crippen molar-refractivity contribution < 1.29 is 18.1 Å². The SMILES string of the molecule is CSc1ccc(C[NH+](C)CC(=O)Nc2ccc(S(=O)(=O)N(C)C)cc2)cc1. The minimum Gasteiger partial charge on any atom is -0.326 e. The highest BCUT2D eigenvalue weighted by Crippen LogP contribution is 2.16. The molecule has 27 heavy (non-hydrogen) atoms. The average Bonchev–Trinajstić information content (AvgIpc) is 2.62. The number of anilines is 1. The quantitative estimate of drug-likeness (QED) is 0.646. The molecular formula is C19H26N3O3S2+. The molecule has 2 N–H and O–H groups in total. The second-order valence-corrected chi connectivity index (χ2v) is 9.55. The van der Waals surface area contributed by atoms with E-state index >= 15 is 0 Å². The van der Waals surface area contributed by atoms with E-state index in [-0.39, 0.29) is 10.8 Å². The van der Waals surface area contributed by atoms with Crippen LogP contribution in [-0.4, -0.2) is 52.6 Å². The predicted molar refractivity (Wildman–Crippen MR) is 110 cm³/mol. The number of nitrogens with zero attached hydrogens (tertiary/aromatic N) is 1. The maximum Gasteiger partial charge on any atom is 0.279 e. The number of benzene rings is 2. The van der Waals surface area contributed by atoms with Crippen molar-refractivity contribution in [2.45, 2.75) is 16.3 Å². The highest BCUT2D eigenvalue weighted by molar-refractivity contribution is 7.98. The normalized spacial score (nSPS) is 12.8. The fourth-order valence-electron chi connectivity index (χ4n) is 2.55. The molecule has 0 aliphatic heterocycles. The van der Waals surface area contributed by atoms with Gasteiger partial charge in [-0.3, -0.25) is 4.79 Å². The van der Waals surface area contributed by atoms with E-state index in [1.807, 2.05) is 13.3 Å². The van der Waals surface area contributed by atoms with Crippen molar-refractivity contribution in [3.63, 3.8) is 0 Å². The lowest BCUT2D eigenvalue weighted by Crippen LogP contribution is -3.08. The first-order valence-electron chi connectivity index (χ1n) is 8.49. The van der Waals surface area contributed by atoms with E-state index in [0.717, 1.165) is 15.7 Å². The van der Waals surface area contributed by atoms with Crippen LogP contribution in [-0.2, 0) is 21.4 Å². The number of thioether (sulfide) groups is 1. The molecule has 2 rings (SSSR count). The lowest BCUT2D eigenvalue weighted by Gasteiger charge is -2.15. The molecule has 0 saturated carbocycles. The molecular weight excluding hydrogens is 382 g/mol. The van der Waals surface area contributed by atoms with Crippen molar-refractivity contribution in [3.05, 3.63) is 54.1 Å². The van der Waals surface area contributed by atoms with Gasteiger partial charge in [-0.25, -0.2) is 12.7 Å². The van der Waals surface area contributed by atoms with E-state index in [0.29, 0.717) is 12.2 Å². The van der Waals surface area contributed by atoms with Gasteiger partial charge in [0.1, 0.15) is 6.54 Å². The Morgan fingerprint density at radius 3 is 2.19 bits per heavy atom. The number of nitrogens with one attached hydrogen (secondary N) is 2. The first-order chi connectivity index (χ1) is 12.7. The van der Waals surface area contributed by atoms with Gasteiger partial charge in [0, 0.05) is 30.2 Å². The van der Waals surface area contributed by atoms with Gasteiger partial charge in [0.25, 0.3) is 5.91 Å². The van der Waals surface area contributed by atoms with Crippen LogP contribution in [0.15, 0.2) is 58.3 Å². The zero-order valence-electron chi connectivity index (χ0n) is 16.0. The molecule has 6 nitrogen and oxygen atoms in total. The Morgan fingerprint density at radius 2 is 1.67 bits per heavy atom. The van der Waals surface area contributed by atoms with Gasteiger partial charge in [0.15, 0.2) is 6.54 Å². The van der Waals surface area contributed by atoms with Crippen LogP contribution >= 0.6 is 11.8 Å². The third kappa shape index (κ3) is 6.07. The van der Waals surface area contributed by atoms with Crippen LogP contribution in [0.2, 0.25) is 0 Å². The number of hydrogen-bond acceptors (Lipinski definition) is 4. The maximum absolute atomic E-state index is 12.2. The van der Waals surface area contributed by atoms with E-state index in [1.165, 1.54) is 36.7 Å². The molecule has 1 unspecified atom stereocenters. The van der Waals surface area contributed by atoms with Crippen LogP contribution < -0.4 is 10.2 Å².